The Labute approximate surface area is 151 Å². The smallest absolute Gasteiger partial charge is 0.410 e. The number of rotatable bonds is 3. The summed E-state index contributed by atoms with van der Waals surface area (Å²) in [6.45, 7) is 0.899. The lowest BCUT2D eigenvalue weighted by Gasteiger charge is -2.30. The second-order valence-electron chi connectivity index (χ2n) is 6.29. The van der Waals surface area contributed by atoms with E-state index in [-0.39, 0.29) is 11.6 Å². The van der Waals surface area contributed by atoms with Gasteiger partial charge < -0.3 is 29.6 Å². The molecule has 0 atom stereocenters. The summed E-state index contributed by atoms with van der Waals surface area (Å²) in [7, 11) is 0. The van der Waals surface area contributed by atoms with Gasteiger partial charge in [0.2, 0.25) is 0 Å². The van der Waals surface area contributed by atoms with Gasteiger partial charge in [-0.05, 0) is 22.7 Å². The van der Waals surface area contributed by atoms with Crippen LogP contribution < -0.4 is 0 Å². The fourth-order valence-corrected chi connectivity index (χ4v) is 3.32. The van der Waals surface area contributed by atoms with Gasteiger partial charge in [0.25, 0.3) is 5.75 Å². The Kier molecular flexibility index (Phi) is 3.90. The highest BCUT2D eigenvalue weighted by atomic mass is 16.6. The van der Waals surface area contributed by atoms with Crippen LogP contribution in [0.5, 0.6) is 5.75 Å². The van der Waals surface area contributed by atoms with E-state index in [0.29, 0.717) is 42.4 Å². The van der Waals surface area contributed by atoms with Crippen molar-refractivity contribution in [2.24, 2.45) is 0 Å². The molecule has 2 N–H and O–H groups in total. The summed E-state index contributed by atoms with van der Waals surface area (Å²) in [5, 5.41) is 34.7. The maximum absolute atomic E-state index is 11.0. The van der Waals surface area contributed by atoms with Crippen molar-refractivity contribution in [2.75, 3.05) is 13.1 Å². The number of nitro groups is 1. The quantitative estimate of drug-likeness (QED) is 0.526. The molecule has 0 spiro atoms. The lowest BCUT2D eigenvalue weighted by atomic mass is 10.1. The molecule has 140 valence electrons. The second-order valence-corrected chi connectivity index (χ2v) is 6.29. The Bertz CT molecular complexity index is 1030. The van der Waals surface area contributed by atoms with Gasteiger partial charge in [-0.1, -0.05) is 0 Å². The molecule has 0 bridgehead atoms. The maximum Gasteiger partial charge on any atom is 0.410 e. The van der Waals surface area contributed by atoms with E-state index in [1.165, 1.54) is 17.4 Å². The molecule has 4 heterocycles. The number of piperidine rings is 1. The third-order valence-electron chi connectivity index (χ3n) is 4.77. The summed E-state index contributed by atoms with van der Waals surface area (Å²) in [5.41, 5.74) is 1.32. The van der Waals surface area contributed by atoms with Gasteiger partial charge in [-0.3, -0.25) is 4.68 Å². The van der Waals surface area contributed by atoms with E-state index in [1.54, 1.807) is 10.9 Å². The average Bonchev–Trinajstić information content (AvgIpc) is 3.29. The molecule has 1 aliphatic heterocycles. The molecule has 3 aromatic rings. The van der Waals surface area contributed by atoms with Gasteiger partial charge in [0.15, 0.2) is 11.8 Å². The minimum absolute atomic E-state index is 0.00536. The number of carboxylic acid groups (broad SMARTS) is 1. The van der Waals surface area contributed by atoms with Crippen molar-refractivity contribution in [3.8, 4) is 16.9 Å². The van der Waals surface area contributed by atoms with Gasteiger partial charge in [0.1, 0.15) is 6.26 Å². The number of fused-ring (bicyclic) bond motifs is 1. The first-order valence-corrected chi connectivity index (χ1v) is 8.21. The van der Waals surface area contributed by atoms with Gasteiger partial charge in [-0.25, -0.2) is 4.79 Å². The van der Waals surface area contributed by atoms with E-state index >= 15 is 0 Å². The number of hydrogen-bond donors (Lipinski definition) is 2. The number of likely N-dealkylation sites (tertiary alicyclic amines) is 1. The molecule has 1 aliphatic rings. The Morgan fingerprint density at radius 1 is 1.33 bits per heavy atom. The molecule has 27 heavy (non-hydrogen) atoms. The highest BCUT2D eigenvalue weighted by Crippen LogP contribution is 2.38. The topological polar surface area (TPSA) is 148 Å². The summed E-state index contributed by atoms with van der Waals surface area (Å²) < 4.78 is 7.10. The van der Waals surface area contributed by atoms with Gasteiger partial charge in [0.05, 0.1) is 17.6 Å². The molecule has 1 saturated heterocycles. The van der Waals surface area contributed by atoms with Gasteiger partial charge in [0, 0.05) is 30.4 Å². The summed E-state index contributed by atoms with van der Waals surface area (Å²) in [5.74, 6) is -1.28. The molecule has 11 nitrogen and oxygen atoms in total. The fraction of sp³-hybridized carbons (Fsp3) is 0.312. The molecular weight excluding hydrogens is 358 g/mol. The zero-order valence-electron chi connectivity index (χ0n) is 14.0. The van der Waals surface area contributed by atoms with Gasteiger partial charge in [-0.15, -0.1) is 0 Å². The molecule has 0 unspecified atom stereocenters. The molecule has 3 aromatic heterocycles. The molecule has 0 radical (unpaired) electrons. The van der Waals surface area contributed by atoms with Crippen LogP contribution in [0.25, 0.3) is 22.1 Å². The van der Waals surface area contributed by atoms with Crippen LogP contribution in [0.2, 0.25) is 0 Å². The lowest BCUT2D eigenvalue weighted by Crippen LogP contribution is -2.38. The molecule has 0 aliphatic carbocycles. The first-order valence-electron chi connectivity index (χ1n) is 8.21. The van der Waals surface area contributed by atoms with Crippen LogP contribution in [-0.4, -0.2) is 54.0 Å². The number of hydrogen-bond acceptors (Lipinski definition) is 7. The minimum atomic E-state index is -0.916. The fourth-order valence-electron chi connectivity index (χ4n) is 3.32. The van der Waals surface area contributed by atoms with Crippen molar-refractivity contribution < 1.29 is 24.3 Å². The third-order valence-corrected chi connectivity index (χ3v) is 4.77. The highest BCUT2D eigenvalue weighted by Gasteiger charge is 2.26. The molecule has 4 rings (SSSR count). The standard InChI is InChI=1S/C16H15N5O6/c22-13-14-11(6-17-15(13)21(25)26)12(8-27-14)9-5-18-20(7-9)10-1-3-19(4-2-10)16(23)24/h5-8,10,22H,1-4H2,(H,23,24). The van der Waals surface area contributed by atoms with Gasteiger partial charge >= 0.3 is 11.9 Å². The Hall–Kier alpha value is -3.63. The predicted octanol–water partition coefficient (Wildman–Crippen LogP) is 2.62. The first-order chi connectivity index (χ1) is 13.0. The van der Waals surface area contributed by atoms with Crippen molar-refractivity contribution >= 4 is 22.9 Å². The van der Waals surface area contributed by atoms with Crippen LogP contribution in [-0.2, 0) is 0 Å². The Balaban J connectivity index is 1.61. The zero-order valence-corrected chi connectivity index (χ0v) is 14.0. The predicted molar refractivity (Wildman–Crippen MR) is 91.4 cm³/mol. The summed E-state index contributed by atoms with van der Waals surface area (Å²) in [4.78, 5) is 26.2. The SMILES string of the molecule is O=C(O)N1CCC(n2cc(-c3coc4c(O)c([N+](=O)[O-])ncc34)cn2)CC1. The number of amides is 1. The molecule has 0 aromatic carbocycles. The van der Waals surface area contributed by atoms with Crippen LogP contribution >= 0.6 is 0 Å². The highest BCUT2D eigenvalue weighted by molar-refractivity contribution is 5.97. The number of carbonyl (C=O) groups is 1. The van der Waals surface area contributed by atoms with Crippen LogP contribution in [0.15, 0.2) is 29.3 Å². The molecule has 0 saturated carbocycles. The van der Waals surface area contributed by atoms with Crippen molar-refractivity contribution in [1.29, 1.82) is 0 Å². The van der Waals surface area contributed by atoms with Crippen LogP contribution in [0.1, 0.15) is 18.9 Å². The largest absolute Gasteiger partial charge is 0.498 e. The van der Waals surface area contributed by atoms with Gasteiger partial charge in [-0.2, -0.15) is 5.10 Å². The minimum Gasteiger partial charge on any atom is -0.498 e. The molecule has 1 amide bonds. The van der Waals surface area contributed by atoms with E-state index in [2.05, 4.69) is 10.1 Å². The van der Waals surface area contributed by atoms with E-state index in [1.807, 2.05) is 6.20 Å². The molecule has 11 heteroatoms. The maximum atomic E-state index is 11.0. The van der Waals surface area contributed by atoms with Crippen LogP contribution in [0.4, 0.5) is 10.6 Å². The van der Waals surface area contributed by atoms with Crippen LogP contribution in [0.3, 0.4) is 0 Å². The Morgan fingerprint density at radius 3 is 2.74 bits per heavy atom. The number of aromatic nitrogens is 3. The lowest BCUT2D eigenvalue weighted by molar-refractivity contribution is -0.390. The van der Waals surface area contributed by atoms with Crippen molar-refractivity contribution in [1.82, 2.24) is 19.7 Å². The van der Waals surface area contributed by atoms with E-state index in [9.17, 15) is 20.0 Å². The first kappa shape index (κ1) is 16.8. The monoisotopic (exact) mass is 373 g/mol. The van der Waals surface area contributed by atoms with E-state index < -0.39 is 22.6 Å². The molecule has 1 fully saturated rings. The second kappa shape index (κ2) is 6.27. The average molecular weight is 373 g/mol. The van der Waals surface area contributed by atoms with Crippen molar-refractivity contribution in [3.63, 3.8) is 0 Å². The van der Waals surface area contributed by atoms with Crippen molar-refractivity contribution in [2.45, 2.75) is 18.9 Å². The summed E-state index contributed by atoms with van der Waals surface area (Å²) in [6, 6.07) is 0.0835. The summed E-state index contributed by atoms with van der Waals surface area (Å²) in [6.07, 6.45) is 6.53. The summed E-state index contributed by atoms with van der Waals surface area (Å²) >= 11 is 0. The third kappa shape index (κ3) is 2.82. The molecular formula is C16H15N5O6. The number of pyridine rings is 1. The zero-order chi connectivity index (χ0) is 19.1. The number of furan rings is 1. The Morgan fingerprint density at radius 2 is 2.07 bits per heavy atom. The normalized spacial score (nSPS) is 15.3. The van der Waals surface area contributed by atoms with E-state index in [0.717, 1.165) is 0 Å². The number of aromatic hydroxyl groups is 1. The van der Waals surface area contributed by atoms with Crippen LogP contribution in [0, 0.1) is 10.1 Å². The number of nitrogens with zero attached hydrogens (tertiary/aromatic N) is 5. The van der Waals surface area contributed by atoms with Crippen molar-refractivity contribution in [3.05, 3.63) is 35.0 Å². The van der Waals surface area contributed by atoms with E-state index in [4.69, 9.17) is 9.52 Å².